The maximum absolute atomic E-state index is 8.31. The van der Waals surface area contributed by atoms with Crippen molar-refractivity contribution in [3.8, 4) is 22.3 Å². The Morgan fingerprint density at radius 3 is 0.870 bits per heavy atom. The summed E-state index contributed by atoms with van der Waals surface area (Å²) < 4.78 is 61.9. The van der Waals surface area contributed by atoms with E-state index >= 15 is 0 Å². The highest BCUT2D eigenvalue weighted by Crippen LogP contribution is 2.47. The minimum atomic E-state index is -2.00. The van der Waals surface area contributed by atoms with Gasteiger partial charge < -0.3 is 0 Å². The molecule has 12 rings (SSSR count). The van der Waals surface area contributed by atoms with Gasteiger partial charge in [-0.2, -0.15) is 0 Å². The van der Waals surface area contributed by atoms with Crippen LogP contribution in [0.2, 0.25) is 0 Å². The molecule has 0 amide bonds. The number of aryl methyl sites for hydroxylation is 5. The Hall–Kier alpha value is -7.80. The van der Waals surface area contributed by atoms with Crippen LogP contribution in [0.4, 0.5) is 0 Å². The van der Waals surface area contributed by atoms with E-state index in [9.17, 15) is 0 Å². The lowest BCUT2D eigenvalue weighted by molar-refractivity contribution is 0.429. The van der Waals surface area contributed by atoms with Gasteiger partial charge in [-0.1, -0.05) is 529 Å². The van der Waals surface area contributed by atoms with Gasteiger partial charge in [0.15, 0.2) is 0 Å². The zero-order valence-electron chi connectivity index (χ0n) is 105. The minimum Gasteiger partial charge on any atom is -0.0625 e. The summed E-state index contributed by atoms with van der Waals surface area (Å²) >= 11 is 0. The first kappa shape index (κ1) is 107. The number of hydrogen-bond donors (Lipinski definition) is 0. The Morgan fingerprint density at radius 2 is 0.572 bits per heavy atom. The number of benzene rings is 10. The lowest BCUT2D eigenvalue weighted by Crippen LogP contribution is -2.24. The van der Waals surface area contributed by atoms with Crippen LogP contribution in [-0.4, -0.2) is 0 Å². The molecule has 0 aromatic heterocycles. The van der Waals surface area contributed by atoms with Crippen molar-refractivity contribution in [1.29, 1.82) is 0 Å². The van der Waals surface area contributed by atoms with E-state index in [0.29, 0.717) is 58.1 Å². The normalized spacial score (nSPS) is 14.8. The van der Waals surface area contributed by atoms with Crippen molar-refractivity contribution in [2.24, 2.45) is 11.8 Å². The first-order chi connectivity index (χ1) is 67.0. The van der Waals surface area contributed by atoms with Crippen LogP contribution in [-0.2, 0) is 58.1 Å². The van der Waals surface area contributed by atoms with Crippen LogP contribution < -0.4 is 0 Å². The molecular formula is C138H208. The molecule has 0 heterocycles. The van der Waals surface area contributed by atoms with Gasteiger partial charge in [0.05, 0.1) is 0 Å². The van der Waals surface area contributed by atoms with Crippen LogP contribution in [0.5, 0.6) is 0 Å². The van der Waals surface area contributed by atoms with E-state index in [0.717, 1.165) is 40.4 Å². The van der Waals surface area contributed by atoms with Gasteiger partial charge in [-0.25, -0.2) is 0 Å². The Balaban J connectivity index is 0.000000294. The third-order valence-corrected chi connectivity index (χ3v) is 27.8. The first-order valence-corrected chi connectivity index (χ1v) is 54.2. The maximum atomic E-state index is 8.31. The molecule has 10 aromatic rings. The van der Waals surface area contributed by atoms with Crippen molar-refractivity contribution in [3.63, 3.8) is 0 Å². The Bertz CT molecular complexity index is 5150. The topological polar surface area (TPSA) is 0 Å². The summed E-state index contributed by atoms with van der Waals surface area (Å²) in [5.41, 5.74) is 38.1. The van der Waals surface area contributed by atoms with E-state index in [1.54, 1.807) is 74.8 Å². The summed E-state index contributed by atoms with van der Waals surface area (Å²) in [4.78, 5) is 0. The van der Waals surface area contributed by atoms with Gasteiger partial charge in [-0.3, -0.25) is 0 Å². The molecule has 2 fully saturated rings. The van der Waals surface area contributed by atoms with Crippen molar-refractivity contribution in [1.82, 2.24) is 0 Å². The van der Waals surface area contributed by atoms with E-state index in [-0.39, 0.29) is 38.4 Å². The molecule has 2 saturated carbocycles. The Morgan fingerprint density at radius 1 is 0.283 bits per heavy atom. The van der Waals surface area contributed by atoms with Crippen LogP contribution in [0.3, 0.4) is 0 Å². The fraction of sp³-hybridized carbons (Fsp3) is 0.565. The van der Waals surface area contributed by atoms with Crippen molar-refractivity contribution in [3.05, 3.63) is 328 Å². The number of rotatable bonds is 19. The average molecular weight is 1880 g/mol. The lowest BCUT2D eigenvalue weighted by Gasteiger charge is -2.35. The van der Waals surface area contributed by atoms with Gasteiger partial charge in [0.1, 0.15) is 0 Å². The molecule has 0 bridgehead atoms. The van der Waals surface area contributed by atoms with Crippen LogP contribution >= 0.6 is 0 Å². The molecule has 0 heteroatoms. The summed E-state index contributed by atoms with van der Waals surface area (Å²) in [7, 11) is 0. The molecular weight excluding hydrogens is 1660 g/mol. The fourth-order valence-electron chi connectivity index (χ4n) is 21.6. The highest BCUT2D eigenvalue weighted by atomic mass is 14.4. The molecule has 0 N–H and O–H groups in total. The van der Waals surface area contributed by atoms with Gasteiger partial charge in [0.2, 0.25) is 0 Å². The van der Waals surface area contributed by atoms with Crippen molar-refractivity contribution in [2.75, 3.05) is 0 Å². The molecule has 0 saturated heterocycles. The molecule has 0 aliphatic heterocycles. The van der Waals surface area contributed by atoms with Crippen LogP contribution in [0.15, 0.2) is 194 Å². The molecule has 10 aromatic carbocycles. The fourth-order valence-corrected chi connectivity index (χ4v) is 21.6. The summed E-state index contributed by atoms with van der Waals surface area (Å²) in [5.74, 6) is 6.59. The van der Waals surface area contributed by atoms with Gasteiger partial charge in [0, 0.05) is 11.0 Å². The summed E-state index contributed by atoms with van der Waals surface area (Å²) in [6.07, 6.45) is 13.9. The van der Waals surface area contributed by atoms with Gasteiger partial charge >= 0.3 is 0 Å². The third kappa shape index (κ3) is 36.0. The Labute approximate surface area is 866 Å². The van der Waals surface area contributed by atoms with E-state index in [1.807, 2.05) is 41.5 Å². The summed E-state index contributed by atoms with van der Waals surface area (Å²) in [6.45, 7) is 95.7. The van der Waals surface area contributed by atoms with Gasteiger partial charge in [0.25, 0.3) is 0 Å². The monoisotopic (exact) mass is 1870 g/mol. The van der Waals surface area contributed by atoms with Crippen molar-refractivity contribution in [2.45, 2.75) is 499 Å². The van der Waals surface area contributed by atoms with Crippen molar-refractivity contribution >= 4 is 0 Å². The van der Waals surface area contributed by atoms with Gasteiger partial charge in [-0.05, 0) is 332 Å². The quantitative estimate of drug-likeness (QED) is 0.0757. The molecule has 0 nitrogen and oxygen atoms in total. The zero-order chi connectivity index (χ0) is 111. The van der Waals surface area contributed by atoms with Crippen LogP contribution in [0, 0.1) is 32.5 Å². The number of hydrogen-bond acceptors (Lipinski definition) is 0. The SMILES string of the molecule is CC(C)Cc1cccc(CC(C)C)c1C(C)C.CC(C)c1c(-c2ccccc2)cccc1-c1ccccc1.CC(C)c1c(C(C)(C)C)cc(C(C)(C)C)cc1C(C)(C)C.CC(C)c1c(C(C)(C)C)cccc1C(C)(C)C.CC(C)c1c(C2CCCCC2)cccc1C1CCCCC1.[2H]C(C)(C)c1cccc(C(C)(C)C)c1C(C)C.[2H]C([2H])(C)c1cccc(C([2H])([2H])C)c1C(C)C.[2H]C([2H])([2H])c1cc(C)c(C(C)C)c(C)c1. The predicted molar refractivity (Wildman–Crippen MR) is 623 cm³/mol. The highest BCUT2D eigenvalue weighted by molar-refractivity contribution is 5.79. The van der Waals surface area contributed by atoms with E-state index in [1.165, 1.54) is 169 Å². The molecule has 2 aliphatic carbocycles. The smallest absolute Gasteiger partial charge is 0.0347 e. The average Bonchev–Trinajstić information content (AvgIpc) is 0.760. The molecule has 760 valence electrons. The molecule has 0 unspecified atom stereocenters. The predicted octanol–water partition coefficient (Wildman–Crippen LogP) is 43.3. The molecule has 2 aliphatic rings. The second kappa shape index (κ2) is 54.6. The molecule has 0 radical (unpaired) electrons. The second-order valence-electron chi connectivity index (χ2n) is 50.3. The largest absolute Gasteiger partial charge is 0.0625 e. The third-order valence-electron chi connectivity index (χ3n) is 27.8. The lowest BCUT2D eigenvalue weighted by atomic mass is 9.70. The molecule has 138 heavy (non-hydrogen) atoms. The first-order valence-electron chi connectivity index (χ1n) is 58.2. The second-order valence-corrected chi connectivity index (χ2v) is 50.3. The zero-order valence-corrected chi connectivity index (χ0v) is 96.9. The minimum absolute atomic E-state index is 0.103. The van der Waals surface area contributed by atoms with E-state index in [4.69, 9.17) is 11.0 Å². The summed E-state index contributed by atoms with van der Waals surface area (Å²) in [6, 6.07) is 69.1. The van der Waals surface area contributed by atoms with Gasteiger partial charge in [-0.15, -0.1) is 0 Å². The van der Waals surface area contributed by atoms with Crippen molar-refractivity contribution < 1.29 is 11.0 Å². The highest BCUT2D eigenvalue weighted by Gasteiger charge is 2.33. The Kier molecular flexibility index (Phi) is 42.5. The maximum Gasteiger partial charge on any atom is 0.0347 e. The van der Waals surface area contributed by atoms with E-state index in [2.05, 4.69) is 413 Å². The van der Waals surface area contributed by atoms with Crippen LogP contribution in [0.1, 0.15) is 565 Å². The summed E-state index contributed by atoms with van der Waals surface area (Å²) in [5, 5.41) is 0. The standard InChI is InChI=1S/C21H32.C21H20.C21H36.2C17H28.C16H26.C13H20.C12H18/c2*1-16(2)21-19(17-10-5-3-6-11-17)14-9-15-20(21)18-12-7-4-8-13-18;1-14(2)18-16(20(6,7)8)12-15(19(3,4)5)13-17(18)21(9,10)11;1-12(2)15-13(16(3,4)5)10-9-11-14(15)17(6,7)8;1-12(2)10-15-8-7-9-16(11-13(3)4)17(15)14(5)6;1-11(2)13-9-8-10-14(16(5,6)7)15(13)12(3)4;1-5-11-8-7-9-12(6-2)13(11)10(3)4;1-8(2)12-10(4)6-9(3)7-11(12)5/h9,14-18H,3-8,10-13H2,1-2H3;3-16H,1-2H3;12-14H,1-11H3;9-12H,1-8H3;7-9,12-14H,10-11H2,1-6H3;8-12H,1-7H3;7-10H,5-6H2,1-4H3;6-8H,1-5H3/i;;;;;11D;5D2,6D2;3D3. The van der Waals surface area contributed by atoms with E-state index < -0.39 is 25.5 Å². The molecule has 0 spiro atoms. The molecule has 0 atom stereocenters. The van der Waals surface area contributed by atoms with Crippen LogP contribution in [0.25, 0.3) is 22.3 Å².